The van der Waals surface area contributed by atoms with Crippen molar-refractivity contribution in [2.45, 2.75) is 121 Å². The Morgan fingerprint density at radius 1 is 1.14 bits per heavy atom. The number of carbonyl (C=O) groups is 1. The number of halogens is 5. The van der Waals surface area contributed by atoms with Crippen molar-refractivity contribution in [3.05, 3.63) is 29.6 Å². The number of benzene rings is 1. The summed E-state index contributed by atoms with van der Waals surface area (Å²) in [6, 6.07) is 3.36. The zero-order chi connectivity index (χ0) is 36.6. The highest BCUT2D eigenvalue weighted by atomic mass is 32.2. The predicted molar refractivity (Wildman–Crippen MR) is 180 cm³/mol. The lowest BCUT2D eigenvalue weighted by Gasteiger charge is -2.38. The van der Waals surface area contributed by atoms with Gasteiger partial charge in [0, 0.05) is 26.0 Å². The van der Waals surface area contributed by atoms with Crippen LogP contribution in [0.15, 0.2) is 18.2 Å². The Hall–Kier alpha value is -2.02. The van der Waals surface area contributed by atoms with Crippen molar-refractivity contribution < 1.29 is 45.5 Å². The molecule has 1 aromatic heterocycles. The molecule has 2 fully saturated rings. The summed E-state index contributed by atoms with van der Waals surface area (Å²) < 4.78 is 105. The van der Waals surface area contributed by atoms with Gasteiger partial charge >= 0.3 is 12.2 Å². The van der Waals surface area contributed by atoms with E-state index in [1.165, 1.54) is 0 Å². The molecule has 10 nitrogen and oxygen atoms in total. The fourth-order valence-corrected chi connectivity index (χ4v) is 6.45. The van der Waals surface area contributed by atoms with E-state index < -0.39 is 79.7 Å². The van der Waals surface area contributed by atoms with Crippen LogP contribution in [0.4, 0.5) is 26.7 Å². The largest absolute Gasteiger partial charge is 0.598 e. The van der Waals surface area contributed by atoms with Crippen LogP contribution >= 0.6 is 0 Å². The maximum Gasteiger partial charge on any atom is 0.416 e. The van der Waals surface area contributed by atoms with Gasteiger partial charge in [-0.3, -0.25) is 0 Å². The van der Waals surface area contributed by atoms with Gasteiger partial charge in [0.25, 0.3) is 5.92 Å². The number of rotatable bonds is 16. The second kappa shape index (κ2) is 14.9. The summed E-state index contributed by atoms with van der Waals surface area (Å²) in [6.07, 6.45) is -2.99. The average Bonchev–Trinajstić information content (AvgIpc) is 3.72. The van der Waals surface area contributed by atoms with Crippen molar-refractivity contribution in [2.75, 3.05) is 32.9 Å². The molecule has 1 saturated carbocycles. The minimum atomic E-state index is -4.68. The molecule has 1 aromatic carbocycles. The Balaban J connectivity index is 1.78. The number of nitrogens with zero attached hydrogens (tertiary/aromatic N) is 3. The lowest BCUT2D eigenvalue weighted by Crippen LogP contribution is -2.58. The molecule has 17 heteroatoms. The zero-order valence-corrected chi connectivity index (χ0v) is 31.3. The van der Waals surface area contributed by atoms with Crippen LogP contribution in [0.5, 0.6) is 0 Å². The third-order valence-corrected chi connectivity index (χ3v) is 11.7. The molecule has 1 unspecified atom stereocenters. The molecule has 3 atom stereocenters. The van der Waals surface area contributed by atoms with Gasteiger partial charge in [-0.05, 0) is 71.2 Å². The van der Waals surface area contributed by atoms with E-state index in [0.717, 1.165) is 37.6 Å². The summed E-state index contributed by atoms with van der Waals surface area (Å²) in [4.78, 5) is 18.7. The van der Waals surface area contributed by atoms with Crippen molar-refractivity contribution in [1.82, 2.24) is 24.5 Å². The monoisotopic (exact) mass is 739 g/mol. The molecule has 2 aliphatic rings. The van der Waals surface area contributed by atoms with Gasteiger partial charge in [0.05, 0.1) is 49.5 Å². The summed E-state index contributed by atoms with van der Waals surface area (Å²) in [5.41, 5.74) is -1.09. The number of imidazole rings is 1. The molecule has 0 bridgehead atoms. The van der Waals surface area contributed by atoms with Crippen LogP contribution in [-0.4, -0.2) is 94.6 Å². The zero-order valence-electron chi connectivity index (χ0n) is 29.5. The van der Waals surface area contributed by atoms with E-state index in [1.54, 1.807) is 43.5 Å². The number of urea groups is 1. The van der Waals surface area contributed by atoms with E-state index in [9.17, 15) is 31.3 Å². The Kier molecular flexibility index (Phi) is 12.1. The van der Waals surface area contributed by atoms with Crippen molar-refractivity contribution in [3.8, 4) is 0 Å². The second-order valence-electron chi connectivity index (χ2n) is 15.6. The average molecular weight is 740 g/mol. The van der Waals surface area contributed by atoms with Gasteiger partial charge in [-0.1, -0.05) is 25.7 Å². The van der Waals surface area contributed by atoms with Gasteiger partial charge in [0.1, 0.15) is 23.3 Å². The van der Waals surface area contributed by atoms with E-state index in [4.69, 9.17) is 19.2 Å². The van der Waals surface area contributed by atoms with Crippen molar-refractivity contribution in [2.24, 2.45) is 0 Å². The third-order valence-electron chi connectivity index (χ3n) is 8.37. The number of nitrogens with one attached hydrogen (secondary N) is 2. The molecule has 0 spiro atoms. The molecule has 49 heavy (non-hydrogen) atoms. The normalized spacial score (nSPS) is 19.6. The molecular weight excluding hydrogens is 690 g/mol. The minimum Gasteiger partial charge on any atom is -0.598 e. The first-order valence-corrected chi connectivity index (χ1v) is 21.3. The quantitative estimate of drug-likeness (QED) is 0.0856. The number of amides is 2. The van der Waals surface area contributed by atoms with Gasteiger partial charge in [-0.15, -0.1) is 4.72 Å². The maximum atomic E-state index is 14.5. The molecule has 2 heterocycles. The lowest BCUT2D eigenvalue weighted by atomic mass is 10.0. The number of hydrogen-bond donors (Lipinski definition) is 2. The summed E-state index contributed by atoms with van der Waals surface area (Å²) in [5.74, 6) is -2.92. The van der Waals surface area contributed by atoms with Gasteiger partial charge in [-0.25, -0.2) is 18.6 Å². The maximum absolute atomic E-state index is 14.5. The van der Waals surface area contributed by atoms with Gasteiger partial charge < -0.3 is 33.5 Å². The molecule has 1 saturated heterocycles. The molecule has 4 rings (SSSR count). The third kappa shape index (κ3) is 10.7. The molecule has 278 valence electrons. The number of carbonyl (C=O) groups excluding carboxylic acids is 1. The van der Waals surface area contributed by atoms with E-state index in [0.29, 0.717) is 23.2 Å². The minimum absolute atomic E-state index is 0.00446. The van der Waals surface area contributed by atoms with Crippen LogP contribution in [-0.2, 0) is 32.3 Å². The number of ether oxygens (including phenoxy) is 3. The van der Waals surface area contributed by atoms with Crippen LogP contribution < -0.4 is 10.0 Å². The molecule has 1 aliphatic carbocycles. The highest BCUT2D eigenvalue weighted by Crippen LogP contribution is 2.36. The van der Waals surface area contributed by atoms with E-state index in [2.05, 4.69) is 29.7 Å². The fraction of sp³-hybridized carbons (Fsp3) is 0.750. The SMILES string of the molecule is CC(C)(C)[S+]([O-])N[C@@H](COC(C)(C)C(F)(F)F)c1nc2cc([C@@H](COC3CC3)N3CC(F)(F)CNC3=O)ccc2n1COCC[Si](C)(C)C. The second-order valence-corrected chi connectivity index (χ2v) is 23.2. The number of alkyl halides is 5. The first-order chi connectivity index (χ1) is 22.5. The predicted octanol–water partition coefficient (Wildman–Crippen LogP) is 6.68. The van der Waals surface area contributed by atoms with Gasteiger partial charge in [-0.2, -0.15) is 13.2 Å². The van der Waals surface area contributed by atoms with Crippen molar-refractivity contribution >= 4 is 36.5 Å². The lowest BCUT2D eigenvalue weighted by molar-refractivity contribution is -0.265. The molecule has 1 aliphatic heterocycles. The van der Waals surface area contributed by atoms with E-state index in [1.807, 2.05) is 0 Å². The van der Waals surface area contributed by atoms with Crippen LogP contribution in [0.3, 0.4) is 0 Å². The Labute approximate surface area is 289 Å². The number of hydrogen-bond acceptors (Lipinski definition) is 7. The fourth-order valence-electron chi connectivity index (χ4n) is 4.91. The first kappa shape index (κ1) is 39.8. The molecule has 0 radical (unpaired) electrons. The topological polar surface area (TPSA) is 113 Å². The van der Waals surface area contributed by atoms with Crippen LogP contribution in [0.1, 0.15) is 70.9 Å². The summed E-state index contributed by atoms with van der Waals surface area (Å²) in [7, 11) is -1.46. The molecule has 2 aromatic rings. The number of fused-ring (bicyclic) bond motifs is 1. The van der Waals surface area contributed by atoms with E-state index in [-0.39, 0.29) is 25.3 Å². The van der Waals surface area contributed by atoms with Gasteiger partial charge in [0.15, 0.2) is 5.60 Å². The molecule has 2 N–H and O–H groups in total. The van der Waals surface area contributed by atoms with Crippen LogP contribution in [0.2, 0.25) is 25.7 Å². The smallest absolute Gasteiger partial charge is 0.416 e. The van der Waals surface area contributed by atoms with Crippen LogP contribution in [0, 0.1) is 0 Å². The highest BCUT2D eigenvalue weighted by molar-refractivity contribution is 7.90. The van der Waals surface area contributed by atoms with Gasteiger partial charge in [0.2, 0.25) is 0 Å². The first-order valence-electron chi connectivity index (χ1n) is 16.5. The molecule has 2 amide bonds. The summed E-state index contributed by atoms with van der Waals surface area (Å²) in [5, 5.41) is 2.26. The van der Waals surface area contributed by atoms with Crippen LogP contribution in [0.25, 0.3) is 11.0 Å². The van der Waals surface area contributed by atoms with Crippen molar-refractivity contribution in [1.29, 1.82) is 0 Å². The summed E-state index contributed by atoms with van der Waals surface area (Å²) in [6.45, 7) is 12.0. The van der Waals surface area contributed by atoms with E-state index >= 15 is 0 Å². The standard InChI is InChI=1S/C32H50F5N5O5SSi/c1-29(2,3)48(44)40-24(16-47-30(4,5)32(35,36)37)27-39-23-15-21(9-12-25(23)42(27)20-45-13-14-49(6,7)8)26(17-46-22-10-11-22)41-19-31(33,34)18-38-28(41)43/h9,12,15,22,24,26,40H,10-11,13-14,16-20H2,1-8H3,(H,38,43)/t24-,26+,48?/m0/s1. The Morgan fingerprint density at radius 3 is 2.41 bits per heavy atom. The molecular formula is C32H50F5N5O5SSi. The Morgan fingerprint density at radius 2 is 1.82 bits per heavy atom. The van der Waals surface area contributed by atoms with Crippen molar-refractivity contribution in [3.63, 3.8) is 0 Å². The Bertz CT molecular complexity index is 1440. The highest BCUT2D eigenvalue weighted by Gasteiger charge is 2.49. The summed E-state index contributed by atoms with van der Waals surface area (Å²) >= 11 is -1.73. The number of aromatic nitrogens is 2.